The number of aliphatic hydroxyl groups excluding tert-OH is 1. The second-order valence-corrected chi connectivity index (χ2v) is 7.73. The highest BCUT2D eigenvalue weighted by Crippen LogP contribution is 2.15. The van der Waals surface area contributed by atoms with Crippen LogP contribution in [0.2, 0.25) is 0 Å². The van der Waals surface area contributed by atoms with Crippen LogP contribution in [0.5, 0.6) is 0 Å². The molecule has 1 nitrogen and oxygen atoms in total. The second kappa shape index (κ2) is 20.0. The molecule has 0 saturated carbocycles. The first-order chi connectivity index (χ1) is 11.3. The summed E-state index contributed by atoms with van der Waals surface area (Å²) >= 11 is 0. The van der Waals surface area contributed by atoms with Crippen LogP contribution in [0.4, 0.5) is 0 Å². The first-order valence-corrected chi connectivity index (χ1v) is 10.9. The minimum absolute atomic E-state index is 0.360. The summed E-state index contributed by atoms with van der Waals surface area (Å²) in [6.07, 6.45) is 25.6. The van der Waals surface area contributed by atoms with Crippen LogP contribution in [0.25, 0.3) is 0 Å². The fourth-order valence-corrected chi connectivity index (χ4v) is 3.31. The molecule has 0 aromatic carbocycles. The van der Waals surface area contributed by atoms with Crippen molar-refractivity contribution in [1.82, 2.24) is 0 Å². The van der Waals surface area contributed by atoms with Crippen molar-refractivity contribution in [1.29, 1.82) is 0 Å². The molecule has 1 atom stereocenters. The van der Waals surface area contributed by atoms with Gasteiger partial charge >= 0.3 is 0 Å². The van der Waals surface area contributed by atoms with Gasteiger partial charge in [-0.3, -0.25) is 0 Å². The van der Waals surface area contributed by atoms with Gasteiger partial charge in [-0.05, 0) is 12.3 Å². The van der Waals surface area contributed by atoms with Crippen molar-refractivity contribution >= 4 is 0 Å². The Labute approximate surface area is 147 Å². The topological polar surface area (TPSA) is 20.2 Å². The Morgan fingerprint density at radius 1 is 0.522 bits per heavy atom. The van der Waals surface area contributed by atoms with Crippen LogP contribution in [0.15, 0.2) is 0 Å². The lowest BCUT2D eigenvalue weighted by atomic mass is 10.0. The van der Waals surface area contributed by atoms with Gasteiger partial charge in [0.2, 0.25) is 0 Å². The molecule has 0 rings (SSSR count). The third-order valence-corrected chi connectivity index (χ3v) is 5.11. The molecule has 0 aliphatic heterocycles. The molecule has 0 amide bonds. The lowest BCUT2D eigenvalue weighted by Gasteiger charge is -2.07. The highest BCUT2D eigenvalue weighted by atomic mass is 16.3. The van der Waals surface area contributed by atoms with Crippen LogP contribution in [0.3, 0.4) is 0 Å². The molecule has 0 fully saturated rings. The minimum Gasteiger partial charge on any atom is -0.396 e. The molecular formula is C22H46O. The van der Waals surface area contributed by atoms with E-state index in [2.05, 4.69) is 13.8 Å². The average Bonchev–Trinajstić information content (AvgIpc) is 2.57. The van der Waals surface area contributed by atoms with Crippen molar-refractivity contribution in [3.63, 3.8) is 0 Å². The van der Waals surface area contributed by atoms with Gasteiger partial charge in [0, 0.05) is 6.61 Å². The van der Waals surface area contributed by atoms with Crippen molar-refractivity contribution < 1.29 is 5.11 Å². The third kappa shape index (κ3) is 19.9. The Morgan fingerprint density at radius 3 is 1.13 bits per heavy atom. The van der Waals surface area contributed by atoms with Gasteiger partial charge in [-0.1, -0.05) is 123 Å². The van der Waals surface area contributed by atoms with Crippen molar-refractivity contribution in [3.8, 4) is 0 Å². The lowest BCUT2D eigenvalue weighted by Crippen LogP contribution is -1.99. The molecule has 0 unspecified atom stereocenters. The first kappa shape index (κ1) is 23.0. The standard InChI is InChI=1S/C22H46O/c1-3-4-5-6-7-8-9-10-11-12-13-14-15-16-17-18-19-20-22(2)21-23/h22-23H,3-21H2,1-2H3/t22-/m1/s1. The van der Waals surface area contributed by atoms with Crippen molar-refractivity contribution in [2.24, 2.45) is 5.92 Å². The number of hydrogen-bond donors (Lipinski definition) is 1. The number of aliphatic hydroxyl groups is 1. The first-order valence-electron chi connectivity index (χ1n) is 10.9. The zero-order chi connectivity index (χ0) is 17.0. The Kier molecular flexibility index (Phi) is 20.0. The molecule has 23 heavy (non-hydrogen) atoms. The fraction of sp³-hybridized carbons (Fsp3) is 1.00. The molecule has 0 radical (unpaired) electrons. The van der Waals surface area contributed by atoms with E-state index in [0.717, 1.165) is 0 Å². The Balaban J connectivity index is 2.97. The molecule has 1 heteroatoms. The van der Waals surface area contributed by atoms with Gasteiger partial charge in [-0.25, -0.2) is 0 Å². The lowest BCUT2D eigenvalue weighted by molar-refractivity contribution is 0.227. The summed E-state index contributed by atoms with van der Waals surface area (Å²) < 4.78 is 0. The highest BCUT2D eigenvalue weighted by Gasteiger charge is 1.99. The second-order valence-electron chi connectivity index (χ2n) is 7.73. The van der Waals surface area contributed by atoms with Crippen molar-refractivity contribution in [2.45, 2.75) is 129 Å². The van der Waals surface area contributed by atoms with Crippen molar-refractivity contribution in [3.05, 3.63) is 0 Å². The molecule has 0 heterocycles. The predicted molar refractivity (Wildman–Crippen MR) is 105 cm³/mol. The summed E-state index contributed by atoms with van der Waals surface area (Å²) in [6, 6.07) is 0. The van der Waals surface area contributed by atoms with Gasteiger partial charge in [-0.2, -0.15) is 0 Å². The zero-order valence-corrected chi connectivity index (χ0v) is 16.5. The number of unbranched alkanes of at least 4 members (excludes halogenated alkanes) is 16. The van der Waals surface area contributed by atoms with E-state index >= 15 is 0 Å². The van der Waals surface area contributed by atoms with Crippen molar-refractivity contribution in [2.75, 3.05) is 6.61 Å². The Bertz CT molecular complexity index is 202. The highest BCUT2D eigenvalue weighted by molar-refractivity contribution is 4.53. The van der Waals surface area contributed by atoms with E-state index in [4.69, 9.17) is 5.11 Å². The van der Waals surface area contributed by atoms with Gasteiger partial charge in [-0.15, -0.1) is 0 Å². The van der Waals surface area contributed by atoms with Crippen LogP contribution in [-0.2, 0) is 0 Å². The monoisotopic (exact) mass is 326 g/mol. The minimum atomic E-state index is 0.360. The van der Waals surface area contributed by atoms with Gasteiger partial charge in [0.25, 0.3) is 0 Å². The molecule has 0 aliphatic carbocycles. The fourth-order valence-electron chi connectivity index (χ4n) is 3.31. The molecule has 0 aromatic heterocycles. The third-order valence-electron chi connectivity index (χ3n) is 5.11. The van der Waals surface area contributed by atoms with E-state index < -0.39 is 0 Å². The van der Waals surface area contributed by atoms with E-state index in [1.54, 1.807) is 0 Å². The number of hydrogen-bond acceptors (Lipinski definition) is 1. The van der Waals surface area contributed by atoms with E-state index in [-0.39, 0.29) is 0 Å². The predicted octanol–water partition coefficient (Wildman–Crippen LogP) is 7.66. The van der Waals surface area contributed by atoms with Crippen LogP contribution in [-0.4, -0.2) is 11.7 Å². The summed E-state index contributed by atoms with van der Waals surface area (Å²) in [7, 11) is 0. The maximum absolute atomic E-state index is 8.97. The average molecular weight is 327 g/mol. The number of rotatable bonds is 19. The van der Waals surface area contributed by atoms with Gasteiger partial charge in [0.1, 0.15) is 0 Å². The van der Waals surface area contributed by atoms with E-state index in [0.29, 0.717) is 12.5 Å². The molecule has 0 spiro atoms. The molecular weight excluding hydrogens is 280 g/mol. The summed E-state index contributed by atoms with van der Waals surface area (Å²) in [6.45, 7) is 4.80. The Hall–Kier alpha value is -0.0400. The molecule has 0 aromatic rings. The summed E-state index contributed by atoms with van der Waals surface area (Å²) in [5, 5.41) is 8.97. The maximum Gasteiger partial charge on any atom is 0.0456 e. The normalized spacial score (nSPS) is 12.7. The zero-order valence-electron chi connectivity index (χ0n) is 16.5. The van der Waals surface area contributed by atoms with Gasteiger partial charge in [0.05, 0.1) is 0 Å². The Morgan fingerprint density at radius 2 is 0.826 bits per heavy atom. The van der Waals surface area contributed by atoms with E-state index in [9.17, 15) is 0 Å². The maximum atomic E-state index is 8.97. The molecule has 140 valence electrons. The quantitative estimate of drug-likeness (QED) is 0.242. The summed E-state index contributed by atoms with van der Waals surface area (Å²) in [5.74, 6) is 0.506. The molecule has 0 bridgehead atoms. The van der Waals surface area contributed by atoms with Crippen LogP contribution < -0.4 is 0 Å². The van der Waals surface area contributed by atoms with Crippen LogP contribution in [0, 0.1) is 5.92 Å². The smallest absolute Gasteiger partial charge is 0.0456 e. The van der Waals surface area contributed by atoms with Gasteiger partial charge in [0.15, 0.2) is 0 Å². The van der Waals surface area contributed by atoms with Crippen LogP contribution >= 0.6 is 0 Å². The largest absolute Gasteiger partial charge is 0.396 e. The van der Waals surface area contributed by atoms with E-state index in [1.165, 1.54) is 116 Å². The van der Waals surface area contributed by atoms with Crippen LogP contribution in [0.1, 0.15) is 129 Å². The molecule has 0 aliphatic rings. The van der Waals surface area contributed by atoms with Gasteiger partial charge < -0.3 is 5.11 Å². The molecule has 1 N–H and O–H groups in total. The SMILES string of the molecule is CCCCCCCCCCCCCCCCCCC[C@@H](C)CO. The summed E-state index contributed by atoms with van der Waals surface area (Å²) in [4.78, 5) is 0. The molecule has 0 saturated heterocycles. The summed E-state index contributed by atoms with van der Waals surface area (Å²) in [5.41, 5.74) is 0. The van der Waals surface area contributed by atoms with E-state index in [1.807, 2.05) is 0 Å².